The topological polar surface area (TPSA) is 0 Å². The van der Waals surface area contributed by atoms with E-state index in [1.54, 1.807) is 18.2 Å². The number of benzene rings is 2. The van der Waals surface area contributed by atoms with Crippen molar-refractivity contribution in [3.63, 3.8) is 0 Å². The lowest BCUT2D eigenvalue weighted by atomic mass is 9.69. The molecule has 0 aromatic heterocycles. The van der Waals surface area contributed by atoms with Crippen molar-refractivity contribution in [1.82, 2.24) is 0 Å². The SMILES string of the molecule is FB(F)c1ccc2ccccc2c1B(F)F. The summed E-state index contributed by atoms with van der Waals surface area (Å²) in [7, 11) is -5.77. The fourth-order valence-electron chi connectivity index (χ4n) is 1.75. The first-order valence-corrected chi connectivity index (χ1v) is 4.69. The van der Waals surface area contributed by atoms with E-state index in [0.717, 1.165) is 6.07 Å². The molecule has 0 fully saturated rings. The molecule has 0 atom stereocenters. The highest BCUT2D eigenvalue weighted by molar-refractivity contribution is 6.75. The van der Waals surface area contributed by atoms with E-state index in [9.17, 15) is 17.3 Å². The normalized spacial score (nSPS) is 10.5. The molecule has 0 unspecified atom stereocenters. The molecule has 0 amide bonds. The van der Waals surface area contributed by atoms with Crippen molar-refractivity contribution in [3.05, 3.63) is 36.4 Å². The van der Waals surface area contributed by atoms with Gasteiger partial charge in [-0.15, -0.1) is 0 Å². The lowest BCUT2D eigenvalue weighted by Crippen LogP contribution is -2.42. The van der Waals surface area contributed by atoms with E-state index in [2.05, 4.69) is 0 Å². The molecule has 0 aliphatic rings. The van der Waals surface area contributed by atoms with Gasteiger partial charge in [0.05, 0.1) is 0 Å². The van der Waals surface area contributed by atoms with Crippen LogP contribution in [0.3, 0.4) is 0 Å². The molecule has 16 heavy (non-hydrogen) atoms. The maximum Gasteiger partial charge on any atom is 0.572 e. The highest BCUT2D eigenvalue weighted by atomic mass is 19.2. The molecule has 80 valence electrons. The van der Waals surface area contributed by atoms with Crippen molar-refractivity contribution in [1.29, 1.82) is 0 Å². The van der Waals surface area contributed by atoms with Gasteiger partial charge >= 0.3 is 14.5 Å². The largest absolute Gasteiger partial charge is 0.572 e. The standard InChI is InChI=1S/C10H6B2F4/c13-11(14)9-6-5-7-3-1-2-4-8(7)10(9)12(15)16/h1-6H. The number of rotatable bonds is 2. The summed E-state index contributed by atoms with van der Waals surface area (Å²) in [5, 5.41) is 0.734. The Morgan fingerprint density at radius 1 is 0.750 bits per heavy atom. The highest BCUT2D eigenvalue weighted by Gasteiger charge is 2.30. The van der Waals surface area contributed by atoms with Crippen molar-refractivity contribution in [2.45, 2.75) is 0 Å². The Morgan fingerprint density at radius 3 is 2.06 bits per heavy atom. The Hall–Kier alpha value is -1.45. The first-order chi connectivity index (χ1) is 7.61. The molecular formula is C10H6B2F4. The summed E-state index contributed by atoms with van der Waals surface area (Å²) in [6, 6.07) is 8.79. The number of hydrogen-bond acceptors (Lipinski definition) is 0. The Kier molecular flexibility index (Phi) is 2.90. The molecule has 0 bridgehead atoms. The van der Waals surface area contributed by atoms with Crippen molar-refractivity contribution in [3.8, 4) is 0 Å². The van der Waals surface area contributed by atoms with Crippen molar-refractivity contribution in [2.75, 3.05) is 0 Å². The Morgan fingerprint density at radius 2 is 1.44 bits per heavy atom. The molecule has 2 aromatic rings. The van der Waals surface area contributed by atoms with Crippen LogP contribution >= 0.6 is 0 Å². The number of halogens is 4. The number of fused-ring (bicyclic) bond motifs is 1. The van der Waals surface area contributed by atoms with E-state index >= 15 is 0 Å². The predicted octanol–water partition coefficient (Wildman–Crippen LogP) is 2.11. The molecule has 2 rings (SSSR count). The fourth-order valence-corrected chi connectivity index (χ4v) is 1.75. The molecule has 2 aromatic carbocycles. The third-order valence-electron chi connectivity index (χ3n) is 2.46. The number of hydrogen-bond donors (Lipinski definition) is 0. The van der Waals surface area contributed by atoms with Crippen LogP contribution in [0.1, 0.15) is 0 Å². The average molecular weight is 224 g/mol. The third kappa shape index (κ3) is 1.79. The van der Waals surface area contributed by atoms with Gasteiger partial charge in [-0.1, -0.05) is 36.4 Å². The summed E-state index contributed by atoms with van der Waals surface area (Å²) in [5.41, 5.74) is -1.15. The van der Waals surface area contributed by atoms with Gasteiger partial charge in [0, 0.05) is 0 Å². The predicted molar refractivity (Wildman–Crippen MR) is 59.2 cm³/mol. The molecule has 6 heteroatoms. The van der Waals surface area contributed by atoms with E-state index in [0.29, 0.717) is 5.39 Å². The third-order valence-corrected chi connectivity index (χ3v) is 2.46. The summed E-state index contributed by atoms with van der Waals surface area (Å²) < 4.78 is 50.7. The molecule has 0 nitrogen and oxygen atoms in total. The monoisotopic (exact) mass is 224 g/mol. The second-order valence-corrected chi connectivity index (χ2v) is 3.39. The van der Waals surface area contributed by atoms with Gasteiger partial charge in [0.2, 0.25) is 0 Å². The van der Waals surface area contributed by atoms with Crippen LogP contribution in [0.5, 0.6) is 0 Å². The Bertz CT molecular complexity index is 513. The van der Waals surface area contributed by atoms with Crippen LogP contribution in [0.25, 0.3) is 10.8 Å². The first-order valence-electron chi connectivity index (χ1n) is 4.69. The van der Waals surface area contributed by atoms with Crippen LogP contribution in [-0.4, -0.2) is 14.5 Å². The van der Waals surface area contributed by atoms with Crippen LogP contribution in [0.4, 0.5) is 17.3 Å². The molecular weight excluding hydrogens is 218 g/mol. The average Bonchev–Trinajstić information content (AvgIpc) is 2.27. The minimum absolute atomic E-state index is 0.190. The molecule has 0 saturated carbocycles. The maximum atomic E-state index is 12.8. The Balaban J connectivity index is 2.79. The molecule has 0 radical (unpaired) electrons. The first kappa shape index (κ1) is 11.0. The second-order valence-electron chi connectivity index (χ2n) is 3.39. The summed E-state index contributed by atoms with van der Waals surface area (Å²) in [4.78, 5) is 0. The zero-order valence-corrected chi connectivity index (χ0v) is 8.13. The van der Waals surface area contributed by atoms with Crippen molar-refractivity contribution < 1.29 is 17.3 Å². The highest BCUT2D eigenvalue weighted by Crippen LogP contribution is 2.12. The zero-order chi connectivity index (χ0) is 11.7. The van der Waals surface area contributed by atoms with Gasteiger partial charge in [-0.05, 0) is 21.7 Å². The van der Waals surface area contributed by atoms with Crippen molar-refractivity contribution >= 4 is 36.2 Å². The van der Waals surface area contributed by atoms with Crippen molar-refractivity contribution in [2.24, 2.45) is 0 Å². The lowest BCUT2D eigenvalue weighted by molar-refractivity contribution is 0.677. The van der Waals surface area contributed by atoms with Gasteiger partial charge in [0.25, 0.3) is 0 Å². The van der Waals surface area contributed by atoms with Crippen LogP contribution < -0.4 is 10.9 Å². The fraction of sp³-hybridized carbons (Fsp3) is 0. The minimum atomic E-state index is -2.89. The molecule has 0 spiro atoms. The summed E-state index contributed by atoms with van der Waals surface area (Å²) in [6.45, 7) is 0. The van der Waals surface area contributed by atoms with E-state index in [1.165, 1.54) is 12.1 Å². The van der Waals surface area contributed by atoms with E-state index in [-0.39, 0.29) is 5.39 Å². The molecule has 0 heterocycles. The smallest absolute Gasteiger partial charge is 0.281 e. The molecule has 0 aliphatic carbocycles. The van der Waals surface area contributed by atoms with E-state index in [1.807, 2.05) is 0 Å². The van der Waals surface area contributed by atoms with Crippen LogP contribution in [0.15, 0.2) is 36.4 Å². The molecule has 0 saturated heterocycles. The van der Waals surface area contributed by atoms with Crippen LogP contribution in [0, 0.1) is 0 Å². The van der Waals surface area contributed by atoms with Gasteiger partial charge in [-0.25, -0.2) is 0 Å². The van der Waals surface area contributed by atoms with Gasteiger partial charge in [0.1, 0.15) is 0 Å². The maximum absolute atomic E-state index is 12.8. The second kappa shape index (κ2) is 4.20. The zero-order valence-electron chi connectivity index (χ0n) is 8.13. The Labute approximate surface area is 90.6 Å². The quantitative estimate of drug-likeness (QED) is 0.541. The summed E-state index contributed by atoms with van der Waals surface area (Å²) >= 11 is 0. The van der Waals surface area contributed by atoms with Gasteiger partial charge in [-0.2, -0.15) is 0 Å². The summed E-state index contributed by atoms with van der Waals surface area (Å²) in [5.74, 6) is 0. The van der Waals surface area contributed by atoms with Gasteiger partial charge in [-0.3, -0.25) is 17.3 Å². The minimum Gasteiger partial charge on any atom is -0.281 e. The lowest BCUT2D eigenvalue weighted by Gasteiger charge is -2.08. The van der Waals surface area contributed by atoms with Crippen LogP contribution in [0.2, 0.25) is 0 Å². The van der Waals surface area contributed by atoms with Gasteiger partial charge < -0.3 is 0 Å². The summed E-state index contributed by atoms with van der Waals surface area (Å²) in [6.07, 6.45) is 0. The van der Waals surface area contributed by atoms with Crippen LogP contribution in [-0.2, 0) is 0 Å². The molecule has 0 aliphatic heterocycles. The van der Waals surface area contributed by atoms with Gasteiger partial charge in [0.15, 0.2) is 0 Å². The molecule has 0 N–H and O–H groups in total. The van der Waals surface area contributed by atoms with E-state index < -0.39 is 25.5 Å². The van der Waals surface area contributed by atoms with E-state index in [4.69, 9.17) is 0 Å².